The number of unbranched alkanes of at least 4 members (excludes halogenated alkanes) is 2. The number of methoxy groups -OCH3 is 1. The molecule has 28 heavy (non-hydrogen) atoms. The Hall–Kier alpha value is -2.74. The van der Waals surface area contributed by atoms with Crippen LogP contribution in [-0.2, 0) is 16.0 Å². The number of nitrogens with zero attached hydrogens (tertiary/aromatic N) is 4. The summed E-state index contributed by atoms with van der Waals surface area (Å²) in [6, 6.07) is 5.87. The molecule has 0 unspecified atom stereocenters. The molecule has 0 spiro atoms. The van der Waals surface area contributed by atoms with Crippen LogP contribution in [0.25, 0.3) is 16.7 Å². The molecule has 2 heterocycles. The van der Waals surface area contributed by atoms with Crippen LogP contribution in [0.2, 0.25) is 0 Å². The van der Waals surface area contributed by atoms with Gasteiger partial charge in [-0.2, -0.15) is 0 Å². The Balaban J connectivity index is 1.78. The zero-order valence-electron chi connectivity index (χ0n) is 16.7. The van der Waals surface area contributed by atoms with Gasteiger partial charge in [0.1, 0.15) is 18.2 Å². The average molecular weight is 385 g/mol. The predicted molar refractivity (Wildman–Crippen MR) is 107 cm³/mol. The number of rotatable bonds is 10. The molecule has 0 aliphatic carbocycles. The molecule has 1 aromatic carbocycles. The molecule has 2 aromatic heterocycles. The van der Waals surface area contributed by atoms with E-state index in [1.165, 1.54) is 6.92 Å². The Kier molecular flexibility index (Phi) is 6.76. The normalized spacial score (nSPS) is 11.2. The number of amides is 1. The van der Waals surface area contributed by atoms with Gasteiger partial charge in [0.15, 0.2) is 5.65 Å². The second kappa shape index (κ2) is 9.45. The van der Waals surface area contributed by atoms with Crippen molar-refractivity contribution >= 4 is 22.6 Å². The number of aryl methyl sites for hydroxylation is 2. The Morgan fingerprint density at radius 2 is 2.04 bits per heavy atom. The molecule has 0 saturated heterocycles. The number of hydrogen-bond acceptors (Lipinski definition) is 6. The van der Waals surface area contributed by atoms with E-state index in [1.807, 2.05) is 29.5 Å². The summed E-state index contributed by atoms with van der Waals surface area (Å²) in [5, 5.41) is 11.4. The number of carbonyl (C=O) groups excluding carboxylic acids is 1. The molecule has 3 aromatic rings. The molecule has 150 valence electrons. The van der Waals surface area contributed by atoms with Crippen molar-refractivity contribution in [3.05, 3.63) is 29.7 Å². The third-order valence-electron chi connectivity index (χ3n) is 4.55. The van der Waals surface area contributed by atoms with Crippen molar-refractivity contribution in [3.63, 3.8) is 0 Å². The lowest BCUT2D eigenvalue weighted by molar-refractivity contribution is -0.118. The number of hydrogen-bond donors (Lipinski definition) is 1. The van der Waals surface area contributed by atoms with Crippen LogP contribution in [0.15, 0.2) is 18.2 Å². The van der Waals surface area contributed by atoms with E-state index in [0.717, 1.165) is 59.6 Å². The fourth-order valence-corrected chi connectivity index (χ4v) is 3.17. The van der Waals surface area contributed by atoms with Crippen LogP contribution >= 0.6 is 0 Å². The predicted octanol–water partition coefficient (Wildman–Crippen LogP) is 2.46. The largest absolute Gasteiger partial charge is 0.491 e. The molecule has 0 atom stereocenters. The van der Waals surface area contributed by atoms with E-state index in [4.69, 9.17) is 14.5 Å². The standard InChI is InChI=1S/C20H27N5O3/c1-14-23-24-20-17(7-5-4-6-10-21-15(2)26)22-18-13-16(28-12-11-27-3)8-9-19(18)25(14)20/h8-9,13H,4-7,10-12H2,1-3H3,(H,21,26). The smallest absolute Gasteiger partial charge is 0.216 e. The quantitative estimate of drug-likeness (QED) is 0.539. The van der Waals surface area contributed by atoms with E-state index in [0.29, 0.717) is 19.8 Å². The molecule has 8 nitrogen and oxygen atoms in total. The van der Waals surface area contributed by atoms with E-state index >= 15 is 0 Å². The van der Waals surface area contributed by atoms with Crippen molar-refractivity contribution in [2.45, 2.75) is 39.5 Å². The van der Waals surface area contributed by atoms with Gasteiger partial charge in [0.25, 0.3) is 0 Å². The minimum absolute atomic E-state index is 0.0142. The molecular formula is C20H27N5O3. The van der Waals surface area contributed by atoms with Gasteiger partial charge >= 0.3 is 0 Å². The van der Waals surface area contributed by atoms with E-state index in [-0.39, 0.29) is 5.91 Å². The molecule has 3 rings (SSSR count). The molecule has 0 radical (unpaired) electrons. The lowest BCUT2D eigenvalue weighted by Gasteiger charge is -2.10. The van der Waals surface area contributed by atoms with Crippen LogP contribution in [-0.4, -0.2) is 52.4 Å². The van der Waals surface area contributed by atoms with Gasteiger partial charge in [-0.3, -0.25) is 9.20 Å². The maximum atomic E-state index is 10.9. The third-order valence-corrected chi connectivity index (χ3v) is 4.55. The first-order chi connectivity index (χ1) is 13.6. The monoisotopic (exact) mass is 385 g/mol. The molecule has 0 aliphatic heterocycles. The zero-order valence-corrected chi connectivity index (χ0v) is 16.7. The maximum absolute atomic E-state index is 10.9. The second-order valence-corrected chi connectivity index (χ2v) is 6.75. The van der Waals surface area contributed by atoms with Gasteiger partial charge in [0, 0.05) is 26.6 Å². The van der Waals surface area contributed by atoms with Crippen molar-refractivity contribution in [2.24, 2.45) is 0 Å². The molecule has 0 fully saturated rings. The highest BCUT2D eigenvalue weighted by Gasteiger charge is 2.13. The van der Waals surface area contributed by atoms with Crippen molar-refractivity contribution in [2.75, 3.05) is 26.9 Å². The fourth-order valence-electron chi connectivity index (χ4n) is 3.17. The van der Waals surface area contributed by atoms with Crippen LogP contribution in [0.3, 0.4) is 0 Å². The van der Waals surface area contributed by atoms with Crippen LogP contribution in [0.4, 0.5) is 0 Å². The van der Waals surface area contributed by atoms with E-state index in [2.05, 4.69) is 15.5 Å². The van der Waals surface area contributed by atoms with Crippen molar-refractivity contribution in [1.82, 2.24) is 24.9 Å². The van der Waals surface area contributed by atoms with Gasteiger partial charge in [0.2, 0.25) is 5.91 Å². The first-order valence-corrected chi connectivity index (χ1v) is 9.60. The molecule has 0 bridgehead atoms. The molecule has 0 aliphatic rings. The summed E-state index contributed by atoms with van der Waals surface area (Å²) in [4.78, 5) is 15.8. The summed E-state index contributed by atoms with van der Waals surface area (Å²) in [6.07, 6.45) is 3.75. The van der Waals surface area contributed by atoms with E-state index in [1.54, 1.807) is 7.11 Å². The summed E-state index contributed by atoms with van der Waals surface area (Å²) >= 11 is 0. The third kappa shape index (κ3) is 4.75. The van der Waals surface area contributed by atoms with Crippen LogP contribution < -0.4 is 10.1 Å². The fraction of sp³-hybridized carbons (Fsp3) is 0.500. The van der Waals surface area contributed by atoms with Gasteiger partial charge < -0.3 is 14.8 Å². The highest BCUT2D eigenvalue weighted by molar-refractivity contribution is 5.80. The van der Waals surface area contributed by atoms with Crippen LogP contribution in [0.1, 0.15) is 37.7 Å². The van der Waals surface area contributed by atoms with E-state index < -0.39 is 0 Å². The SMILES string of the molecule is COCCOc1ccc2c(c1)nc(CCCCCNC(C)=O)c1nnc(C)n12. The topological polar surface area (TPSA) is 90.6 Å². The summed E-state index contributed by atoms with van der Waals surface area (Å²) in [5.74, 6) is 1.62. The van der Waals surface area contributed by atoms with Gasteiger partial charge in [0.05, 0.1) is 23.3 Å². The molecule has 0 saturated carbocycles. The number of nitrogens with one attached hydrogen (secondary N) is 1. The number of fused-ring (bicyclic) bond motifs is 3. The van der Waals surface area contributed by atoms with Crippen molar-refractivity contribution < 1.29 is 14.3 Å². The second-order valence-electron chi connectivity index (χ2n) is 6.75. The van der Waals surface area contributed by atoms with Gasteiger partial charge in [-0.15, -0.1) is 10.2 Å². The highest BCUT2D eigenvalue weighted by atomic mass is 16.5. The number of aromatic nitrogens is 4. The molecule has 1 amide bonds. The highest BCUT2D eigenvalue weighted by Crippen LogP contribution is 2.24. The first-order valence-electron chi connectivity index (χ1n) is 9.60. The lowest BCUT2D eigenvalue weighted by Crippen LogP contribution is -2.20. The summed E-state index contributed by atoms with van der Waals surface area (Å²) in [7, 11) is 1.65. The Bertz CT molecular complexity index is 954. The van der Waals surface area contributed by atoms with Crippen LogP contribution in [0, 0.1) is 6.92 Å². The number of ether oxygens (including phenoxy) is 2. The van der Waals surface area contributed by atoms with Gasteiger partial charge in [-0.25, -0.2) is 4.98 Å². The lowest BCUT2D eigenvalue weighted by atomic mass is 10.1. The van der Waals surface area contributed by atoms with Crippen LogP contribution in [0.5, 0.6) is 5.75 Å². The number of carbonyl (C=O) groups is 1. The average Bonchev–Trinajstić information content (AvgIpc) is 3.06. The molecule has 1 N–H and O–H groups in total. The Morgan fingerprint density at radius 3 is 2.82 bits per heavy atom. The zero-order chi connectivity index (χ0) is 19.9. The van der Waals surface area contributed by atoms with Gasteiger partial charge in [-0.05, 0) is 38.3 Å². The van der Waals surface area contributed by atoms with Crippen molar-refractivity contribution in [1.29, 1.82) is 0 Å². The number of benzene rings is 1. The van der Waals surface area contributed by atoms with Gasteiger partial charge in [-0.1, -0.05) is 6.42 Å². The summed E-state index contributed by atoms with van der Waals surface area (Å²) in [6.45, 7) is 5.23. The molecular weight excluding hydrogens is 358 g/mol. The minimum Gasteiger partial charge on any atom is -0.491 e. The van der Waals surface area contributed by atoms with E-state index in [9.17, 15) is 4.79 Å². The first kappa shape index (κ1) is 20.0. The summed E-state index contributed by atoms with van der Waals surface area (Å²) in [5.41, 5.74) is 3.56. The maximum Gasteiger partial charge on any atom is 0.216 e. The Morgan fingerprint density at radius 1 is 1.18 bits per heavy atom. The minimum atomic E-state index is 0.0142. The summed E-state index contributed by atoms with van der Waals surface area (Å²) < 4.78 is 12.8. The van der Waals surface area contributed by atoms with Crippen molar-refractivity contribution in [3.8, 4) is 5.75 Å². The molecule has 8 heteroatoms. The Labute approximate surface area is 164 Å².